The summed E-state index contributed by atoms with van der Waals surface area (Å²) in [7, 11) is 1.26. The fourth-order valence-corrected chi connectivity index (χ4v) is 1.80. The molecule has 0 bridgehead atoms. The van der Waals surface area contributed by atoms with Gasteiger partial charge in [0, 0.05) is 6.07 Å². The molecule has 1 heterocycles. The largest absolute Gasteiger partial charge is 0.485 e. The normalized spacial score (nSPS) is 13.4. The van der Waals surface area contributed by atoms with Gasteiger partial charge in [0.2, 0.25) is 0 Å². The molecule has 92 valence electrons. The van der Waals surface area contributed by atoms with Gasteiger partial charge in [-0.1, -0.05) is 11.6 Å². The second kappa shape index (κ2) is 4.79. The Morgan fingerprint density at radius 1 is 1.47 bits per heavy atom. The first-order chi connectivity index (χ1) is 8.19. The predicted octanol–water partition coefficient (Wildman–Crippen LogP) is 0.482. The van der Waals surface area contributed by atoms with Crippen LogP contribution in [0.5, 0.6) is 11.5 Å². The van der Waals surface area contributed by atoms with Crippen molar-refractivity contribution in [3.8, 4) is 11.5 Å². The van der Waals surface area contributed by atoms with Crippen molar-refractivity contribution in [3.05, 3.63) is 16.7 Å². The molecule has 0 aliphatic carbocycles. The fraction of sp³-hybridized carbons (Fsp3) is 0.300. The Labute approximate surface area is 102 Å². The van der Waals surface area contributed by atoms with Crippen LogP contribution in [-0.2, 0) is 4.74 Å². The van der Waals surface area contributed by atoms with E-state index in [1.807, 2.05) is 0 Å². The maximum absolute atomic E-state index is 11.6. The molecule has 0 unspecified atom stereocenters. The summed E-state index contributed by atoms with van der Waals surface area (Å²) in [5, 5.41) is 9.24. The van der Waals surface area contributed by atoms with Crippen LogP contribution in [0.3, 0.4) is 0 Å². The smallest absolute Gasteiger partial charge is 0.342 e. The van der Waals surface area contributed by atoms with Crippen LogP contribution < -0.4 is 15.0 Å². The summed E-state index contributed by atoms with van der Waals surface area (Å²) in [6.07, 6.45) is 0. The van der Waals surface area contributed by atoms with Crippen LogP contribution in [0.4, 0.5) is 5.69 Å². The third-order valence-electron chi connectivity index (χ3n) is 2.32. The minimum absolute atomic E-state index is 0.173. The highest BCUT2D eigenvalue weighted by molar-refractivity contribution is 6.34. The highest BCUT2D eigenvalue weighted by atomic mass is 35.5. The number of carbonyl (C=O) groups excluding carboxylic acids is 1. The van der Waals surface area contributed by atoms with Gasteiger partial charge in [-0.2, -0.15) is 5.48 Å². The van der Waals surface area contributed by atoms with Crippen molar-refractivity contribution >= 4 is 23.3 Å². The molecule has 0 spiro atoms. The molecule has 0 saturated heterocycles. The highest BCUT2D eigenvalue weighted by Gasteiger charge is 2.28. The molecule has 0 amide bonds. The van der Waals surface area contributed by atoms with Gasteiger partial charge in [-0.3, -0.25) is 0 Å². The first-order valence-corrected chi connectivity index (χ1v) is 5.24. The highest BCUT2D eigenvalue weighted by Crippen LogP contribution is 2.43. The minimum Gasteiger partial charge on any atom is -0.485 e. The van der Waals surface area contributed by atoms with Gasteiger partial charge in [0.15, 0.2) is 22.2 Å². The Morgan fingerprint density at radius 2 is 2.12 bits per heavy atom. The van der Waals surface area contributed by atoms with Crippen molar-refractivity contribution < 1.29 is 29.7 Å². The Hall–Kier alpha value is -1.50. The summed E-state index contributed by atoms with van der Waals surface area (Å²) < 4.78 is 15.3. The number of hydrogen-bond donors (Lipinski definition) is 2. The first-order valence-electron chi connectivity index (χ1n) is 4.87. The number of methoxy groups -OCH3 is 1. The Balaban J connectivity index is 2.62. The van der Waals surface area contributed by atoms with E-state index in [1.165, 1.54) is 13.2 Å². The molecule has 1 aliphatic rings. The van der Waals surface area contributed by atoms with E-state index in [0.29, 0.717) is 13.2 Å². The number of hydrogen-bond acceptors (Lipinski definition) is 5. The number of rotatable bonds is 2. The summed E-state index contributed by atoms with van der Waals surface area (Å²) >= 11 is 6.00. The first kappa shape index (κ1) is 12.0. The standard InChI is InChI=1S/C10H10ClNO5/c1-15-10(13)5-4-6(12-14)7(11)9-8(5)16-2-3-17-9/h4,12,14H,2-3H2,1H3/p+1. The fourth-order valence-electron chi connectivity index (χ4n) is 1.55. The molecule has 6 nitrogen and oxygen atoms in total. The van der Waals surface area contributed by atoms with E-state index in [9.17, 15) is 4.79 Å². The quantitative estimate of drug-likeness (QED) is 0.459. The molecule has 2 rings (SSSR count). The molecule has 0 fully saturated rings. The lowest BCUT2D eigenvalue weighted by molar-refractivity contribution is -0.825. The molecule has 7 heteroatoms. The molecular formula is C10H11ClNO5+. The molecule has 3 N–H and O–H groups in total. The van der Waals surface area contributed by atoms with Gasteiger partial charge in [0.05, 0.1) is 7.11 Å². The van der Waals surface area contributed by atoms with Crippen molar-refractivity contribution in [3.63, 3.8) is 0 Å². The van der Waals surface area contributed by atoms with Gasteiger partial charge in [0.25, 0.3) is 0 Å². The second-order valence-corrected chi connectivity index (χ2v) is 3.68. The van der Waals surface area contributed by atoms with E-state index in [4.69, 9.17) is 26.3 Å². The van der Waals surface area contributed by atoms with Gasteiger partial charge in [-0.05, 0) is 0 Å². The van der Waals surface area contributed by atoms with Crippen LogP contribution in [0, 0.1) is 0 Å². The second-order valence-electron chi connectivity index (χ2n) is 3.30. The van der Waals surface area contributed by atoms with Gasteiger partial charge in [-0.15, -0.1) is 0 Å². The maximum Gasteiger partial charge on any atom is 0.342 e. The molecule has 0 radical (unpaired) electrons. The molecular weight excluding hydrogens is 250 g/mol. The SMILES string of the molecule is COC(=O)c1cc([NH2+]O)c(Cl)c2c1OCCO2. The van der Waals surface area contributed by atoms with Crippen LogP contribution in [0.1, 0.15) is 10.4 Å². The van der Waals surface area contributed by atoms with E-state index in [1.54, 1.807) is 0 Å². The Kier molecular flexibility index (Phi) is 3.37. The average molecular weight is 261 g/mol. The number of fused-ring (bicyclic) bond motifs is 1. The molecule has 0 atom stereocenters. The van der Waals surface area contributed by atoms with Crippen molar-refractivity contribution in [2.45, 2.75) is 0 Å². The summed E-state index contributed by atoms with van der Waals surface area (Å²) in [6, 6.07) is 1.39. The molecule has 1 aromatic rings. The third kappa shape index (κ3) is 2.02. The van der Waals surface area contributed by atoms with E-state index >= 15 is 0 Å². The summed E-state index contributed by atoms with van der Waals surface area (Å²) in [5.74, 6) is -0.0775. The number of esters is 1. The number of ether oxygens (including phenoxy) is 3. The number of halogens is 1. The van der Waals surface area contributed by atoms with Crippen LogP contribution in [-0.4, -0.2) is 31.5 Å². The zero-order chi connectivity index (χ0) is 12.4. The van der Waals surface area contributed by atoms with Gasteiger partial charge >= 0.3 is 5.97 Å². The lowest BCUT2D eigenvalue weighted by Crippen LogP contribution is -2.74. The van der Waals surface area contributed by atoms with E-state index in [0.717, 1.165) is 5.48 Å². The molecule has 1 aliphatic heterocycles. The Bertz CT molecular complexity index is 462. The number of carbonyl (C=O) groups is 1. The zero-order valence-electron chi connectivity index (χ0n) is 9.03. The van der Waals surface area contributed by atoms with Crippen LogP contribution in [0.25, 0.3) is 0 Å². The summed E-state index contributed by atoms with van der Waals surface area (Å²) in [4.78, 5) is 11.6. The van der Waals surface area contributed by atoms with Crippen molar-refractivity contribution in [2.24, 2.45) is 0 Å². The predicted molar refractivity (Wildman–Crippen MR) is 57.2 cm³/mol. The third-order valence-corrected chi connectivity index (χ3v) is 2.71. The van der Waals surface area contributed by atoms with Gasteiger partial charge in [-0.25, -0.2) is 10.0 Å². The summed E-state index contributed by atoms with van der Waals surface area (Å²) in [6.45, 7) is 0.664. The van der Waals surface area contributed by atoms with Crippen molar-refractivity contribution in [2.75, 3.05) is 20.3 Å². The monoisotopic (exact) mass is 260 g/mol. The Morgan fingerprint density at radius 3 is 2.71 bits per heavy atom. The van der Waals surface area contributed by atoms with E-state index in [2.05, 4.69) is 4.74 Å². The molecule has 1 aromatic carbocycles. The van der Waals surface area contributed by atoms with Crippen LogP contribution in [0.2, 0.25) is 5.02 Å². The van der Waals surface area contributed by atoms with Gasteiger partial charge < -0.3 is 14.2 Å². The summed E-state index contributed by atoms with van der Waals surface area (Å²) in [5.41, 5.74) is 1.25. The van der Waals surface area contributed by atoms with Crippen molar-refractivity contribution in [1.82, 2.24) is 0 Å². The van der Waals surface area contributed by atoms with Gasteiger partial charge in [0.1, 0.15) is 18.8 Å². The molecule has 0 saturated carbocycles. The van der Waals surface area contributed by atoms with Crippen LogP contribution in [0.15, 0.2) is 6.07 Å². The maximum atomic E-state index is 11.6. The number of nitrogens with two attached hydrogens (primary N) is 1. The average Bonchev–Trinajstić information content (AvgIpc) is 2.38. The van der Waals surface area contributed by atoms with E-state index in [-0.39, 0.29) is 27.8 Å². The van der Waals surface area contributed by atoms with E-state index < -0.39 is 5.97 Å². The number of quaternary nitrogens is 1. The van der Waals surface area contributed by atoms with Crippen LogP contribution >= 0.6 is 11.6 Å². The molecule has 0 aromatic heterocycles. The van der Waals surface area contributed by atoms with Crippen molar-refractivity contribution in [1.29, 1.82) is 0 Å². The molecule has 17 heavy (non-hydrogen) atoms. The topological polar surface area (TPSA) is 81.6 Å². The zero-order valence-corrected chi connectivity index (χ0v) is 9.78. The minimum atomic E-state index is -0.577. The lowest BCUT2D eigenvalue weighted by Gasteiger charge is -2.21. The lowest BCUT2D eigenvalue weighted by atomic mass is 10.1. The number of benzene rings is 1.